The van der Waals surface area contributed by atoms with Crippen LogP contribution in [0.3, 0.4) is 0 Å². The number of carbonyl (C=O) groups is 1. The summed E-state index contributed by atoms with van der Waals surface area (Å²) in [6.07, 6.45) is 0.281. The van der Waals surface area contributed by atoms with Gasteiger partial charge in [0, 0.05) is 6.61 Å². The van der Waals surface area contributed by atoms with Crippen molar-refractivity contribution in [3.63, 3.8) is 0 Å². The monoisotopic (exact) mass is 224 g/mol. The predicted octanol–water partition coefficient (Wildman–Crippen LogP) is 3.19. The second-order valence-electron chi connectivity index (χ2n) is 3.87. The van der Waals surface area contributed by atoms with Crippen LogP contribution in [0, 0.1) is 12.7 Å². The molecule has 0 spiro atoms. The summed E-state index contributed by atoms with van der Waals surface area (Å²) in [5.41, 5.74) is 1.25. The van der Waals surface area contributed by atoms with Crippen LogP contribution >= 0.6 is 0 Å². The van der Waals surface area contributed by atoms with Gasteiger partial charge in [0.15, 0.2) is 5.78 Å². The molecule has 0 fully saturated rings. The molecule has 0 heterocycles. The highest BCUT2D eigenvalue weighted by atomic mass is 19.1. The van der Waals surface area contributed by atoms with Gasteiger partial charge in [-0.1, -0.05) is 19.1 Å². The highest BCUT2D eigenvalue weighted by Crippen LogP contribution is 2.21. The summed E-state index contributed by atoms with van der Waals surface area (Å²) < 4.78 is 18.6. The molecule has 1 aromatic rings. The Hall–Kier alpha value is -1.22. The Balaban J connectivity index is 2.92. The Morgan fingerprint density at radius 1 is 1.50 bits per heavy atom. The minimum absolute atomic E-state index is 0.0561. The van der Waals surface area contributed by atoms with Crippen LogP contribution in [-0.4, -0.2) is 12.4 Å². The lowest BCUT2D eigenvalue weighted by Crippen LogP contribution is -2.14. The second kappa shape index (κ2) is 5.75. The number of rotatable bonds is 5. The van der Waals surface area contributed by atoms with E-state index in [2.05, 4.69) is 0 Å². The minimum Gasteiger partial charge on any atom is -0.366 e. The molecule has 1 atom stereocenters. The standard InChI is InChI=1S/C13H17FO2/c1-4-7-16-13(10(3)15)11-5-6-12(14)9(2)8-11/h5-6,8,13H,4,7H2,1-3H3. The summed E-state index contributed by atoms with van der Waals surface area (Å²) in [7, 11) is 0. The topological polar surface area (TPSA) is 26.3 Å². The molecule has 0 N–H and O–H groups in total. The molecule has 0 aliphatic rings. The molecule has 1 unspecified atom stereocenters. The molecular formula is C13H17FO2. The maximum absolute atomic E-state index is 13.1. The zero-order chi connectivity index (χ0) is 12.1. The number of Topliss-reactive ketones (excluding diaryl/α,β-unsaturated/α-hetero) is 1. The molecule has 2 nitrogen and oxygen atoms in total. The number of ether oxygens (including phenoxy) is 1. The van der Waals surface area contributed by atoms with Crippen LogP contribution in [0.25, 0.3) is 0 Å². The first kappa shape index (κ1) is 12.8. The van der Waals surface area contributed by atoms with Gasteiger partial charge in [-0.3, -0.25) is 4.79 Å². The molecule has 0 radical (unpaired) electrons. The van der Waals surface area contributed by atoms with Gasteiger partial charge in [0.2, 0.25) is 0 Å². The van der Waals surface area contributed by atoms with E-state index in [1.54, 1.807) is 19.1 Å². The third kappa shape index (κ3) is 3.14. The van der Waals surface area contributed by atoms with E-state index in [1.807, 2.05) is 6.92 Å². The fraction of sp³-hybridized carbons (Fsp3) is 0.462. The van der Waals surface area contributed by atoms with Crippen molar-refractivity contribution in [1.29, 1.82) is 0 Å². The molecule has 1 rings (SSSR count). The average molecular weight is 224 g/mol. The molecule has 0 amide bonds. The third-order valence-electron chi connectivity index (χ3n) is 2.34. The van der Waals surface area contributed by atoms with Gasteiger partial charge in [-0.15, -0.1) is 0 Å². The zero-order valence-corrected chi connectivity index (χ0v) is 9.92. The molecule has 3 heteroatoms. The van der Waals surface area contributed by atoms with E-state index < -0.39 is 6.10 Å². The van der Waals surface area contributed by atoms with E-state index in [1.165, 1.54) is 13.0 Å². The Morgan fingerprint density at radius 3 is 2.69 bits per heavy atom. The molecule has 1 aromatic carbocycles. The van der Waals surface area contributed by atoms with Crippen LogP contribution in [0.4, 0.5) is 4.39 Å². The number of aryl methyl sites for hydroxylation is 1. The fourth-order valence-corrected chi connectivity index (χ4v) is 1.51. The van der Waals surface area contributed by atoms with Crippen LogP contribution in [0.1, 0.15) is 37.5 Å². The van der Waals surface area contributed by atoms with Gasteiger partial charge in [-0.05, 0) is 37.5 Å². The first-order valence-corrected chi connectivity index (χ1v) is 5.44. The number of hydrogen-bond donors (Lipinski definition) is 0. The average Bonchev–Trinajstić information content (AvgIpc) is 2.23. The molecule has 0 aromatic heterocycles. The molecule has 0 saturated heterocycles. The predicted molar refractivity (Wildman–Crippen MR) is 60.8 cm³/mol. The SMILES string of the molecule is CCCOC(C(C)=O)c1ccc(F)c(C)c1. The maximum Gasteiger partial charge on any atom is 0.163 e. The van der Waals surface area contributed by atoms with Crippen molar-refractivity contribution in [3.05, 3.63) is 35.1 Å². The summed E-state index contributed by atoms with van der Waals surface area (Å²) in [6, 6.07) is 4.64. The van der Waals surface area contributed by atoms with Gasteiger partial charge < -0.3 is 4.74 Å². The number of hydrogen-bond acceptors (Lipinski definition) is 2. The van der Waals surface area contributed by atoms with E-state index in [0.717, 1.165) is 12.0 Å². The zero-order valence-electron chi connectivity index (χ0n) is 9.92. The molecule has 0 aliphatic carbocycles. The highest BCUT2D eigenvalue weighted by Gasteiger charge is 2.17. The summed E-state index contributed by atoms with van der Waals surface area (Å²) in [5.74, 6) is -0.319. The summed E-state index contributed by atoms with van der Waals surface area (Å²) in [4.78, 5) is 11.4. The van der Waals surface area contributed by atoms with E-state index in [4.69, 9.17) is 4.74 Å². The normalized spacial score (nSPS) is 12.5. The van der Waals surface area contributed by atoms with Crippen LogP contribution in [-0.2, 0) is 9.53 Å². The van der Waals surface area contributed by atoms with Crippen molar-refractivity contribution in [2.45, 2.75) is 33.3 Å². The van der Waals surface area contributed by atoms with Crippen molar-refractivity contribution in [1.82, 2.24) is 0 Å². The van der Waals surface area contributed by atoms with E-state index in [0.29, 0.717) is 12.2 Å². The summed E-state index contributed by atoms with van der Waals surface area (Å²) >= 11 is 0. The molecule has 0 aliphatic heterocycles. The molecule has 88 valence electrons. The second-order valence-corrected chi connectivity index (χ2v) is 3.87. The Morgan fingerprint density at radius 2 is 2.19 bits per heavy atom. The van der Waals surface area contributed by atoms with Crippen molar-refractivity contribution in [2.75, 3.05) is 6.61 Å². The lowest BCUT2D eigenvalue weighted by Gasteiger charge is -2.15. The van der Waals surface area contributed by atoms with E-state index in [9.17, 15) is 9.18 Å². The Bertz CT molecular complexity index is 374. The van der Waals surface area contributed by atoms with Gasteiger partial charge in [0.25, 0.3) is 0 Å². The van der Waals surface area contributed by atoms with Crippen molar-refractivity contribution >= 4 is 5.78 Å². The molecule has 16 heavy (non-hydrogen) atoms. The van der Waals surface area contributed by atoms with Gasteiger partial charge in [-0.25, -0.2) is 4.39 Å². The number of benzene rings is 1. The Kier molecular flexibility index (Phi) is 4.62. The number of carbonyl (C=O) groups excluding carboxylic acids is 1. The van der Waals surface area contributed by atoms with Crippen LogP contribution in [0.2, 0.25) is 0 Å². The number of ketones is 1. The largest absolute Gasteiger partial charge is 0.366 e. The molecule has 0 bridgehead atoms. The highest BCUT2D eigenvalue weighted by molar-refractivity contribution is 5.81. The van der Waals surface area contributed by atoms with Crippen LogP contribution < -0.4 is 0 Å². The van der Waals surface area contributed by atoms with Crippen molar-refractivity contribution in [2.24, 2.45) is 0 Å². The molecular weight excluding hydrogens is 207 g/mol. The minimum atomic E-state index is -0.570. The van der Waals surface area contributed by atoms with Crippen LogP contribution in [0.15, 0.2) is 18.2 Å². The third-order valence-corrected chi connectivity index (χ3v) is 2.34. The maximum atomic E-state index is 13.1. The van der Waals surface area contributed by atoms with Gasteiger partial charge in [0.1, 0.15) is 11.9 Å². The van der Waals surface area contributed by atoms with Gasteiger partial charge >= 0.3 is 0 Å². The first-order chi connectivity index (χ1) is 7.56. The first-order valence-electron chi connectivity index (χ1n) is 5.44. The lowest BCUT2D eigenvalue weighted by atomic mass is 10.0. The van der Waals surface area contributed by atoms with Gasteiger partial charge in [-0.2, -0.15) is 0 Å². The molecule has 0 saturated carbocycles. The smallest absolute Gasteiger partial charge is 0.163 e. The Labute approximate surface area is 95.4 Å². The van der Waals surface area contributed by atoms with Crippen LogP contribution in [0.5, 0.6) is 0 Å². The summed E-state index contributed by atoms with van der Waals surface area (Å²) in [5, 5.41) is 0. The lowest BCUT2D eigenvalue weighted by molar-refractivity contribution is -0.128. The van der Waals surface area contributed by atoms with Crippen molar-refractivity contribution < 1.29 is 13.9 Å². The van der Waals surface area contributed by atoms with Crippen molar-refractivity contribution in [3.8, 4) is 0 Å². The quantitative estimate of drug-likeness (QED) is 0.767. The number of halogens is 1. The fourth-order valence-electron chi connectivity index (χ4n) is 1.51. The summed E-state index contributed by atoms with van der Waals surface area (Å²) in [6.45, 7) is 5.67. The van der Waals surface area contributed by atoms with E-state index >= 15 is 0 Å². The van der Waals surface area contributed by atoms with E-state index in [-0.39, 0.29) is 11.6 Å². The van der Waals surface area contributed by atoms with Gasteiger partial charge in [0.05, 0.1) is 0 Å².